The average Bonchev–Trinajstić information content (AvgIpc) is 3.20. The monoisotopic (exact) mass is 484 g/mol. The first-order valence-corrected chi connectivity index (χ1v) is 11.5. The van der Waals surface area contributed by atoms with Crippen molar-refractivity contribution in [3.05, 3.63) is 57.8 Å². The maximum Gasteiger partial charge on any atom is 0.251 e. The third-order valence-corrected chi connectivity index (χ3v) is 7.15. The van der Waals surface area contributed by atoms with Crippen LogP contribution in [0.3, 0.4) is 0 Å². The molecule has 1 amide bonds. The number of methoxy groups -OCH3 is 1. The number of ether oxygens (including phenoxy) is 1. The molecular weight excluding hydrogens is 463 g/mol. The Labute approximate surface area is 178 Å². The molecule has 0 radical (unpaired) electrons. The van der Waals surface area contributed by atoms with Gasteiger partial charge in [0, 0.05) is 22.6 Å². The van der Waals surface area contributed by atoms with Gasteiger partial charge < -0.3 is 10.1 Å². The molecule has 29 heavy (non-hydrogen) atoms. The molecule has 0 bridgehead atoms. The summed E-state index contributed by atoms with van der Waals surface area (Å²) in [6.45, 7) is 0.0889. The summed E-state index contributed by atoms with van der Waals surface area (Å²) in [4.78, 5) is 12.5. The van der Waals surface area contributed by atoms with Gasteiger partial charge >= 0.3 is 0 Å². The molecule has 0 atom stereocenters. The van der Waals surface area contributed by atoms with Crippen LogP contribution >= 0.6 is 15.9 Å². The zero-order chi connectivity index (χ0) is 21.0. The van der Waals surface area contributed by atoms with Crippen LogP contribution in [0.25, 0.3) is 0 Å². The van der Waals surface area contributed by atoms with Crippen LogP contribution in [-0.4, -0.2) is 27.5 Å². The number of carbonyl (C=O) groups excluding carboxylic acids is 1. The van der Waals surface area contributed by atoms with Crippen molar-refractivity contribution in [2.75, 3.05) is 7.11 Å². The van der Waals surface area contributed by atoms with Gasteiger partial charge in [-0.15, -0.1) is 0 Å². The lowest BCUT2D eigenvalue weighted by molar-refractivity contribution is 0.0950. The number of amides is 1. The number of benzene rings is 2. The Balaban J connectivity index is 1.80. The molecule has 0 unspecified atom stereocenters. The summed E-state index contributed by atoms with van der Waals surface area (Å²) in [5.41, 5.74) is 0.743. The molecule has 1 aliphatic carbocycles. The van der Waals surface area contributed by atoms with Gasteiger partial charge in [-0.05, 0) is 54.8 Å². The summed E-state index contributed by atoms with van der Waals surface area (Å²) in [7, 11) is -2.45. The van der Waals surface area contributed by atoms with Gasteiger partial charge in [0.25, 0.3) is 5.91 Å². The topological polar surface area (TPSA) is 84.5 Å². The molecular formula is C20H22BrFN2O4S. The van der Waals surface area contributed by atoms with Gasteiger partial charge in [0.2, 0.25) is 10.0 Å². The highest BCUT2D eigenvalue weighted by Gasteiger charge is 2.26. The Hall–Kier alpha value is -1.97. The van der Waals surface area contributed by atoms with Gasteiger partial charge in [0.15, 0.2) is 0 Å². The molecule has 0 spiro atoms. The molecule has 1 aliphatic rings. The zero-order valence-corrected chi connectivity index (χ0v) is 18.3. The smallest absolute Gasteiger partial charge is 0.251 e. The second-order valence-electron chi connectivity index (χ2n) is 6.89. The van der Waals surface area contributed by atoms with E-state index in [1.54, 1.807) is 6.07 Å². The van der Waals surface area contributed by atoms with E-state index in [4.69, 9.17) is 4.74 Å². The van der Waals surface area contributed by atoms with E-state index in [0.29, 0.717) is 10.0 Å². The Morgan fingerprint density at radius 2 is 1.93 bits per heavy atom. The lowest BCUT2D eigenvalue weighted by Crippen LogP contribution is -2.33. The molecule has 0 heterocycles. The van der Waals surface area contributed by atoms with Gasteiger partial charge in [0.05, 0.1) is 7.11 Å². The predicted molar refractivity (Wildman–Crippen MR) is 111 cm³/mol. The van der Waals surface area contributed by atoms with Gasteiger partial charge in [-0.2, -0.15) is 0 Å². The van der Waals surface area contributed by atoms with Gasteiger partial charge in [-0.3, -0.25) is 4.79 Å². The van der Waals surface area contributed by atoms with Crippen LogP contribution in [-0.2, 0) is 16.6 Å². The second-order valence-corrected chi connectivity index (χ2v) is 9.42. The average molecular weight is 485 g/mol. The van der Waals surface area contributed by atoms with Crippen molar-refractivity contribution in [1.82, 2.24) is 10.0 Å². The van der Waals surface area contributed by atoms with E-state index in [2.05, 4.69) is 26.0 Å². The fourth-order valence-electron chi connectivity index (χ4n) is 3.31. The normalized spacial score (nSPS) is 14.7. The van der Waals surface area contributed by atoms with E-state index in [1.807, 2.05) is 0 Å². The van der Waals surface area contributed by atoms with E-state index in [0.717, 1.165) is 25.7 Å². The second kappa shape index (κ2) is 9.23. The molecule has 0 aromatic heterocycles. The standard InChI is InChI=1S/C20H22BrFN2O4S/c1-28-18-9-6-13(11-19(18)29(26,27)24-16-4-2-3-5-16)20(25)23-12-14-10-15(22)7-8-17(14)21/h6-11,16,24H,2-5,12H2,1H3,(H,23,25). The molecule has 2 aromatic rings. The number of hydrogen-bond acceptors (Lipinski definition) is 4. The number of nitrogens with one attached hydrogen (secondary N) is 2. The molecule has 156 valence electrons. The highest BCUT2D eigenvalue weighted by molar-refractivity contribution is 9.10. The maximum absolute atomic E-state index is 13.4. The number of halogens is 2. The number of sulfonamides is 1. The molecule has 0 saturated heterocycles. The first kappa shape index (κ1) is 21.7. The Morgan fingerprint density at radius 3 is 2.62 bits per heavy atom. The maximum atomic E-state index is 13.4. The van der Waals surface area contributed by atoms with Crippen LogP contribution in [0.15, 0.2) is 45.8 Å². The predicted octanol–water partition coefficient (Wildman–Crippen LogP) is 3.75. The Kier molecular flexibility index (Phi) is 6.92. The summed E-state index contributed by atoms with van der Waals surface area (Å²) >= 11 is 3.31. The van der Waals surface area contributed by atoms with E-state index in [1.165, 1.54) is 37.4 Å². The first-order chi connectivity index (χ1) is 13.8. The van der Waals surface area contributed by atoms with Crippen molar-refractivity contribution in [3.63, 3.8) is 0 Å². The first-order valence-electron chi connectivity index (χ1n) is 9.22. The Morgan fingerprint density at radius 1 is 1.21 bits per heavy atom. The van der Waals surface area contributed by atoms with Crippen LogP contribution in [0.2, 0.25) is 0 Å². The summed E-state index contributed by atoms with van der Waals surface area (Å²) in [5, 5.41) is 2.68. The van der Waals surface area contributed by atoms with E-state index in [-0.39, 0.29) is 28.8 Å². The fourth-order valence-corrected chi connectivity index (χ4v) is 5.20. The lowest BCUT2D eigenvalue weighted by Gasteiger charge is -2.16. The fraction of sp³-hybridized carbons (Fsp3) is 0.350. The van der Waals surface area contributed by atoms with Crippen LogP contribution in [0.4, 0.5) is 4.39 Å². The quantitative estimate of drug-likeness (QED) is 0.626. The minimum atomic E-state index is -3.83. The summed E-state index contributed by atoms with van der Waals surface area (Å²) in [6.07, 6.45) is 3.57. The van der Waals surface area contributed by atoms with Crippen molar-refractivity contribution in [2.24, 2.45) is 0 Å². The minimum absolute atomic E-state index is 0.0773. The third-order valence-electron chi connectivity index (χ3n) is 4.84. The third kappa shape index (κ3) is 5.34. The molecule has 3 rings (SSSR count). The summed E-state index contributed by atoms with van der Waals surface area (Å²) in [5.74, 6) is -0.714. The molecule has 0 aliphatic heterocycles. The highest BCUT2D eigenvalue weighted by Crippen LogP contribution is 2.27. The van der Waals surface area contributed by atoms with Crippen LogP contribution in [0, 0.1) is 5.82 Å². The zero-order valence-electron chi connectivity index (χ0n) is 15.9. The number of carbonyl (C=O) groups is 1. The van der Waals surface area contributed by atoms with Crippen molar-refractivity contribution in [2.45, 2.75) is 43.2 Å². The Bertz CT molecular complexity index is 1010. The van der Waals surface area contributed by atoms with Gasteiger partial charge in [-0.25, -0.2) is 17.5 Å². The largest absolute Gasteiger partial charge is 0.495 e. The van der Waals surface area contributed by atoms with E-state index >= 15 is 0 Å². The molecule has 1 saturated carbocycles. The highest BCUT2D eigenvalue weighted by atomic mass is 79.9. The molecule has 2 N–H and O–H groups in total. The van der Waals surface area contributed by atoms with Crippen molar-refractivity contribution < 1.29 is 22.3 Å². The SMILES string of the molecule is COc1ccc(C(=O)NCc2cc(F)ccc2Br)cc1S(=O)(=O)NC1CCCC1. The van der Waals surface area contributed by atoms with Gasteiger partial charge in [-0.1, -0.05) is 28.8 Å². The molecule has 9 heteroatoms. The van der Waals surface area contributed by atoms with Crippen molar-refractivity contribution >= 4 is 31.9 Å². The van der Waals surface area contributed by atoms with Crippen molar-refractivity contribution in [3.8, 4) is 5.75 Å². The summed E-state index contributed by atoms with van der Waals surface area (Å²) < 4.78 is 47.6. The molecule has 2 aromatic carbocycles. The molecule has 6 nitrogen and oxygen atoms in total. The molecule has 1 fully saturated rings. The minimum Gasteiger partial charge on any atom is -0.495 e. The van der Waals surface area contributed by atoms with Crippen LogP contribution in [0.1, 0.15) is 41.6 Å². The van der Waals surface area contributed by atoms with Crippen LogP contribution in [0.5, 0.6) is 5.75 Å². The number of hydrogen-bond donors (Lipinski definition) is 2. The van der Waals surface area contributed by atoms with Crippen molar-refractivity contribution in [1.29, 1.82) is 0 Å². The lowest BCUT2D eigenvalue weighted by atomic mass is 10.2. The van der Waals surface area contributed by atoms with Crippen LogP contribution < -0.4 is 14.8 Å². The van der Waals surface area contributed by atoms with E-state index in [9.17, 15) is 17.6 Å². The van der Waals surface area contributed by atoms with Gasteiger partial charge in [0.1, 0.15) is 16.5 Å². The van der Waals surface area contributed by atoms with E-state index < -0.39 is 21.7 Å². The number of rotatable bonds is 7. The summed E-state index contributed by atoms with van der Waals surface area (Å²) in [6, 6.07) is 8.33.